The predicted octanol–water partition coefficient (Wildman–Crippen LogP) is 6.37. The summed E-state index contributed by atoms with van der Waals surface area (Å²) in [5.74, 6) is -0.485. The number of halogens is 1. The number of carbonyl (C=O) groups is 1. The number of amides is 1. The molecule has 0 saturated carbocycles. The van der Waals surface area contributed by atoms with E-state index in [9.17, 15) is 23.3 Å². The lowest BCUT2D eigenvalue weighted by Crippen LogP contribution is -2.40. The number of hydrogen-bond donors (Lipinski definition) is 2. The quantitative estimate of drug-likeness (QED) is 0.196. The van der Waals surface area contributed by atoms with Crippen molar-refractivity contribution in [3.8, 4) is 22.4 Å². The number of anilines is 1. The minimum absolute atomic E-state index is 0.119. The van der Waals surface area contributed by atoms with Gasteiger partial charge in [0.2, 0.25) is 10.0 Å². The molecule has 0 aliphatic carbocycles. The maximum absolute atomic E-state index is 13.1. The third-order valence-corrected chi connectivity index (χ3v) is 8.18. The van der Waals surface area contributed by atoms with Crippen LogP contribution in [0, 0.1) is 10.1 Å². The van der Waals surface area contributed by atoms with Gasteiger partial charge in [-0.25, -0.2) is 18.1 Å². The van der Waals surface area contributed by atoms with Crippen molar-refractivity contribution in [3.05, 3.63) is 92.3 Å². The van der Waals surface area contributed by atoms with Crippen LogP contribution in [0.15, 0.2) is 77.7 Å². The molecule has 0 aliphatic heterocycles. The van der Waals surface area contributed by atoms with E-state index in [1.165, 1.54) is 18.2 Å². The average Bonchev–Trinajstić information content (AvgIpc) is 3.25. The van der Waals surface area contributed by atoms with E-state index in [1.807, 2.05) is 0 Å². The number of rotatable bonds is 7. The zero-order valence-electron chi connectivity index (χ0n) is 20.6. The second kappa shape index (κ2) is 10.6. The van der Waals surface area contributed by atoms with Crippen LogP contribution >= 0.6 is 22.9 Å². The molecule has 1 heterocycles. The molecule has 0 saturated heterocycles. The van der Waals surface area contributed by atoms with E-state index in [0.717, 1.165) is 11.3 Å². The lowest BCUT2D eigenvalue weighted by atomic mass is 10.1. The molecule has 12 heteroatoms. The van der Waals surface area contributed by atoms with Crippen molar-refractivity contribution in [1.82, 2.24) is 9.71 Å². The number of carbonyl (C=O) groups excluding carboxylic acids is 1. The molecule has 0 fully saturated rings. The van der Waals surface area contributed by atoms with Crippen LogP contribution in [0.25, 0.3) is 22.4 Å². The van der Waals surface area contributed by atoms with Crippen molar-refractivity contribution in [2.75, 3.05) is 5.32 Å². The highest BCUT2D eigenvalue weighted by atomic mass is 35.5. The second-order valence-electron chi connectivity index (χ2n) is 9.34. The molecule has 2 N–H and O–H groups in total. The number of benzene rings is 3. The molecule has 0 spiro atoms. The van der Waals surface area contributed by atoms with Gasteiger partial charge in [0.25, 0.3) is 11.6 Å². The fourth-order valence-corrected chi connectivity index (χ4v) is 6.40. The smallest absolute Gasteiger partial charge is 0.270 e. The molecule has 38 heavy (non-hydrogen) atoms. The molecule has 0 aliphatic rings. The number of nitrogens with zero attached hydrogens (tertiary/aromatic N) is 2. The van der Waals surface area contributed by atoms with Gasteiger partial charge in [-0.05, 0) is 44.5 Å². The Hall–Kier alpha value is -3.64. The van der Waals surface area contributed by atoms with Crippen molar-refractivity contribution in [2.45, 2.75) is 31.2 Å². The second-order valence-corrected chi connectivity index (χ2v) is 12.6. The van der Waals surface area contributed by atoms with Crippen molar-refractivity contribution in [3.63, 3.8) is 0 Å². The Labute approximate surface area is 228 Å². The Morgan fingerprint density at radius 3 is 2.34 bits per heavy atom. The maximum Gasteiger partial charge on any atom is 0.270 e. The first-order chi connectivity index (χ1) is 17.8. The van der Waals surface area contributed by atoms with E-state index in [4.69, 9.17) is 11.6 Å². The monoisotopic (exact) mass is 570 g/mol. The Morgan fingerprint density at radius 1 is 1.00 bits per heavy atom. The molecule has 4 rings (SSSR count). The number of nitrogens with one attached hydrogen (secondary N) is 2. The number of nitro groups is 1. The summed E-state index contributed by atoms with van der Waals surface area (Å²) in [5.41, 5.74) is 1.48. The Kier molecular flexibility index (Phi) is 7.65. The number of sulfonamides is 1. The van der Waals surface area contributed by atoms with Crippen LogP contribution < -0.4 is 10.0 Å². The van der Waals surface area contributed by atoms with Crippen molar-refractivity contribution in [2.24, 2.45) is 0 Å². The summed E-state index contributed by atoms with van der Waals surface area (Å²) in [6.07, 6.45) is 0. The zero-order valence-corrected chi connectivity index (χ0v) is 22.9. The minimum atomic E-state index is -3.78. The van der Waals surface area contributed by atoms with Gasteiger partial charge in [0.05, 0.1) is 15.5 Å². The Morgan fingerprint density at radius 2 is 1.68 bits per heavy atom. The van der Waals surface area contributed by atoms with E-state index < -0.39 is 26.4 Å². The Bertz CT molecular complexity index is 1630. The highest BCUT2D eigenvalue weighted by molar-refractivity contribution is 7.89. The fraction of sp³-hybridized carbons (Fsp3) is 0.154. The summed E-state index contributed by atoms with van der Waals surface area (Å²) >= 11 is 7.04. The summed E-state index contributed by atoms with van der Waals surface area (Å²) in [7, 11) is -3.78. The molecule has 0 radical (unpaired) electrons. The summed E-state index contributed by atoms with van der Waals surface area (Å²) in [5, 5.41) is 13.9. The van der Waals surface area contributed by atoms with Crippen LogP contribution in [0.1, 0.15) is 30.4 Å². The van der Waals surface area contributed by atoms with Crippen LogP contribution in [-0.2, 0) is 10.0 Å². The van der Waals surface area contributed by atoms with Gasteiger partial charge in [-0.2, -0.15) is 0 Å². The van der Waals surface area contributed by atoms with E-state index >= 15 is 0 Å². The normalized spacial score (nSPS) is 11.8. The molecule has 9 nitrogen and oxygen atoms in total. The van der Waals surface area contributed by atoms with Crippen molar-refractivity contribution < 1.29 is 18.1 Å². The summed E-state index contributed by atoms with van der Waals surface area (Å²) in [6, 6.07) is 19.2. The van der Waals surface area contributed by atoms with Gasteiger partial charge in [0, 0.05) is 34.5 Å². The van der Waals surface area contributed by atoms with Gasteiger partial charge in [-0.3, -0.25) is 14.9 Å². The standard InChI is InChI=1S/C26H23ClN4O5S2/c1-26(2,3)30-38(35,36)21-10-5-4-9-20(21)16-11-13-18(14-12-16)28-24(32)23-22(29-25(27)37-23)17-7-6-8-19(15-17)31(33)34/h4-15,30H,1-3H3,(H,28,32). The largest absolute Gasteiger partial charge is 0.321 e. The average molecular weight is 571 g/mol. The van der Waals surface area contributed by atoms with Gasteiger partial charge < -0.3 is 5.32 Å². The van der Waals surface area contributed by atoms with E-state index in [0.29, 0.717) is 22.4 Å². The molecular weight excluding hydrogens is 548 g/mol. The van der Waals surface area contributed by atoms with Crippen molar-refractivity contribution in [1.29, 1.82) is 0 Å². The van der Waals surface area contributed by atoms with E-state index in [-0.39, 0.29) is 25.6 Å². The first kappa shape index (κ1) is 27.4. The number of thiazole rings is 1. The number of non-ortho nitro benzene ring substituents is 1. The third-order valence-electron chi connectivity index (χ3n) is 5.21. The lowest BCUT2D eigenvalue weighted by molar-refractivity contribution is -0.384. The Balaban J connectivity index is 1.60. The van der Waals surface area contributed by atoms with Gasteiger partial charge in [-0.15, -0.1) is 0 Å². The van der Waals surface area contributed by atoms with Gasteiger partial charge in [0.1, 0.15) is 4.88 Å². The van der Waals surface area contributed by atoms with E-state index in [1.54, 1.807) is 75.4 Å². The highest BCUT2D eigenvalue weighted by Crippen LogP contribution is 2.34. The predicted molar refractivity (Wildman–Crippen MR) is 149 cm³/mol. The molecule has 3 aromatic carbocycles. The van der Waals surface area contributed by atoms with Gasteiger partial charge in [-0.1, -0.05) is 65.4 Å². The number of nitro benzene ring substituents is 1. The summed E-state index contributed by atoms with van der Waals surface area (Å²) in [4.78, 5) is 28.3. The molecule has 4 aromatic rings. The minimum Gasteiger partial charge on any atom is -0.321 e. The molecule has 0 atom stereocenters. The number of hydrogen-bond acceptors (Lipinski definition) is 7. The lowest BCUT2D eigenvalue weighted by Gasteiger charge is -2.21. The summed E-state index contributed by atoms with van der Waals surface area (Å²) < 4.78 is 28.8. The maximum atomic E-state index is 13.1. The molecular formula is C26H23ClN4O5S2. The highest BCUT2D eigenvalue weighted by Gasteiger charge is 2.25. The first-order valence-corrected chi connectivity index (χ1v) is 14.0. The fourth-order valence-electron chi connectivity index (χ4n) is 3.73. The van der Waals surface area contributed by atoms with Crippen LogP contribution in [-0.4, -0.2) is 29.8 Å². The molecule has 0 bridgehead atoms. The van der Waals surface area contributed by atoms with E-state index in [2.05, 4.69) is 15.0 Å². The molecule has 1 amide bonds. The summed E-state index contributed by atoms with van der Waals surface area (Å²) in [6.45, 7) is 5.31. The SMILES string of the molecule is CC(C)(C)NS(=O)(=O)c1ccccc1-c1ccc(NC(=O)c2sc(Cl)nc2-c2cccc([N+](=O)[O-])c2)cc1. The molecule has 0 unspecified atom stereocenters. The topological polar surface area (TPSA) is 131 Å². The van der Waals surface area contributed by atoms with Crippen LogP contribution in [0.5, 0.6) is 0 Å². The molecule has 196 valence electrons. The zero-order chi connectivity index (χ0) is 27.7. The first-order valence-electron chi connectivity index (χ1n) is 11.3. The number of aromatic nitrogens is 1. The van der Waals surface area contributed by atoms with Crippen LogP contribution in [0.2, 0.25) is 4.47 Å². The molecule has 1 aromatic heterocycles. The van der Waals surface area contributed by atoms with Crippen LogP contribution in [0.3, 0.4) is 0 Å². The van der Waals surface area contributed by atoms with Gasteiger partial charge in [0.15, 0.2) is 4.47 Å². The third kappa shape index (κ3) is 6.25. The van der Waals surface area contributed by atoms with Gasteiger partial charge >= 0.3 is 0 Å². The van der Waals surface area contributed by atoms with Crippen LogP contribution in [0.4, 0.5) is 11.4 Å². The van der Waals surface area contributed by atoms with Crippen molar-refractivity contribution >= 4 is 50.2 Å².